The van der Waals surface area contributed by atoms with Gasteiger partial charge in [0.15, 0.2) is 6.61 Å². The summed E-state index contributed by atoms with van der Waals surface area (Å²) in [6, 6.07) is 16.1. The van der Waals surface area contributed by atoms with Crippen molar-refractivity contribution >= 4 is 34.8 Å². The summed E-state index contributed by atoms with van der Waals surface area (Å²) >= 11 is 5.73. The van der Waals surface area contributed by atoms with Crippen LogP contribution < -0.4 is 15.4 Å². The molecule has 0 unspecified atom stereocenters. The molecule has 30 heavy (non-hydrogen) atoms. The standard InChI is InChI=1S/C23H20ClFN2O3/c1-14-8-15(2)10-19(9-14)30-13-22(28)26-17-5-3-4-16(11-17)23(29)27-18-6-7-21(25)20(24)12-18/h3-12H,13H2,1-2H3,(H,26,28)(H,27,29). The van der Waals surface area contributed by atoms with Gasteiger partial charge in [-0.15, -0.1) is 0 Å². The smallest absolute Gasteiger partial charge is 0.262 e. The summed E-state index contributed by atoms with van der Waals surface area (Å²) in [4.78, 5) is 24.6. The molecule has 2 N–H and O–H groups in total. The molecule has 0 aliphatic carbocycles. The van der Waals surface area contributed by atoms with Gasteiger partial charge in [0.1, 0.15) is 11.6 Å². The maximum atomic E-state index is 13.2. The normalized spacial score (nSPS) is 10.4. The second-order valence-corrected chi connectivity index (χ2v) is 7.23. The van der Waals surface area contributed by atoms with Gasteiger partial charge in [-0.2, -0.15) is 0 Å². The molecule has 3 aromatic carbocycles. The fraction of sp³-hybridized carbons (Fsp3) is 0.130. The van der Waals surface area contributed by atoms with E-state index in [-0.39, 0.29) is 17.5 Å². The van der Waals surface area contributed by atoms with Crippen LogP contribution in [0.15, 0.2) is 60.7 Å². The first kappa shape index (κ1) is 21.3. The van der Waals surface area contributed by atoms with Gasteiger partial charge in [-0.25, -0.2) is 4.39 Å². The van der Waals surface area contributed by atoms with E-state index in [9.17, 15) is 14.0 Å². The summed E-state index contributed by atoms with van der Waals surface area (Å²) in [6.07, 6.45) is 0. The van der Waals surface area contributed by atoms with Gasteiger partial charge in [0.25, 0.3) is 11.8 Å². The SMILES string of the molecule is Cc1cc(C)cc(OCC(=O)Nc2cccc(C(=O)Nc3ccc(F)c(Cl)c3)c2)c1. The molecule has 3 rings (SSSR count). The molecule has 0 heterocycles. The van der Waals surface area contributed by atoms with E-state index >= 15 is 0 Å². The summed E-state index contributed by atoms with van der Waals surface area (Å²) in [5.41, 5.74) is 3.23. The van der Waals surface area contributed by atoms with Crippen LogP contribution in [0, 0.1) is 19.7 Å². The highest BCUT2D eigenvalue weighted by Crippen LogP contribution is 2.21. The van der Waals surface area contributed by atoms with Crippen molar-refractivity contribution in [3.05, 3.63) is 88.2 Å². The van der Waals surface area contributed by atoms with Crippen molar-refractivity contribution < 1.29 is 18.7 Å². The molecule has 7 heteroatoms. The number of carbonyl (C=O) groups is 2. The van der Waals surface area contributed by atoms with E-state index in [0.717, 1.165) is 11.1 Å². The Morgan fingerprint density at radius 2 is 1.63 bits per heavy atom. The summed E-state index contributed by atoms with van der Waals surface area (Å²) < 4.78 is 18.8. The van der Waals surface area contributed by atoms with E-state index in [0.29, 0.717) is 22.7 Å². The zero-order chi connectivity index (χ0) is 21.7. The van der Waals surface area contributed by atoms with Crippen LogP contribution in [0.1, 0.15) is 21.5 Å². The molecule has 0 aliphatic heterocycles. The highest BCUT2D eigenvalue weighted by Gasteiger charge is 2.10. The van der Waals surface area contributed by atoms with Crippen molar-refractivity contribution in [3.8, 4) is 5.75 Å². The molecular weight excluding hydrogens is 407 g/mol. The second kappa shape index (κ2) is 9.41. The van der Waals surface area contributed by atoms with Crippen molar-refractivity contribution in [3.63, 3.8) is 0 Å². The molecule has 0 fully saturated rings. The van der Waals surface area contributed by atoms with Gasteiger partial charge in [0, 0.05) is 16.9 Å². The zero-order valence-electron chi connectivity index (χ0n) is 16.5. The highest BCUT2D eigenvalue weighted by molar-refractivity contribution is 6.31. The van der Waals surface area contributed by atoms with Gasteiger partial charge in [0.05, 0.1) is 5.02 Å². The first-order valence-electron chi connectivity index (χ1n) is 9.17. The number of amides is 2. The minimum Gasteiger partial charge on any atom is -0.484 e. The molecule has 0 aliphatic rings. The number of halogens is 2. The largest absolute Gasteiger partial charge is 0.484 e. The Balaban J connectivity index is 1.60. The number of benzene rings is 3. The first-order valence-corrected chi connectivity index (χ1v) is 9.55. The number of aryl methyl sites for hydroxylation is 2. The van der Waals surface area contributed by atoms with Crippen molar-refractivity contribution in [2.45, 2.75) is 13.8 Å². The Bertz CT molecular complexity index is 1080. The summed E-state index contributed by atoms with van der Waals surface area (Å²) in [5.74, 6) is -0.714. The number of rotatable bonds is 6. The number of anilines is 2. The average Bonchev–Trinajstić information content (AvgIpc) is 2.69. The molecule has 0 bridgehead atoms. The molecule has 0 atom stereocenters. The van der Waals surface area contributed by atoms with Gasteiger partial charge < -0.3 is 15.4 Å². The molecule has 0 saturated heterocycles. The van der Waals surface area contributed by atoms with E-state index in [4.69, 9.17) is 16.3 Å². The minimum atomic E-state index is -0.567. The summed E-state index contributed by atoms with van der Waals surface area (Å²) in [7, 11) is 0. The monoisotopic (exact) mass is 426 g/mol. The highest BCUT2D eigenvalue weighted by atomic mass is 35.5. The van der Waals surface area contributed by atoms with Crippen LogP contribution in [0.3, 0.4) is 0 Å². The zero-order valence-corrected chi connectivity index (χ0v) is 17.2. The first-order chi connectivity index (χ1) is 14.3. The number of hydrogen-bond donors (Lipinski definition) is 2. The fourth-order valence-electron chi connectivity index (χ4n) is 2.88. The number of nitrogens with one attached hydrogen (secondary N) is 2. The van der Waals surface area contributed by atoms with Crippen LogP contribution in [0.2, 0.25) is 5.02 Å². The lowest BCUT2D eigenvalue weighted by molar-refractivity contribution is -0.118. The van der Waals surface area contributed by atoms with E-state index in [1.54, 1.807) is 18.2 Å². The van der Waals surface area contributed by atoms with Gasteiger partial charge in [0.2, 0.25) is 0 Å². The molecule has 0 saturated carbocycles. The second-order valence-electron chi connectivity index (χ2n) is 6.82. The van der Waals surface area contributed by atoms with Crippen molar-refractivity contribution in [1.29, 1.82) is 0 Å². The number of ether oxygens (including phenoxy) is 1. The van der Waals surface area contributed by atoms with Crippen LogP contribution >= 0.6 is 11.6 Å². The van der Waals surface area contributed by atoms with Crippen LogP contribution in [-0.2, 0) is 4.79 Å². The van der Waals surface area contributed by atoms with Crippen molar-refractivity contribution in [1.82, 2.24) is 0 Å². The molecule has 0 radical (unpaired) electrons. The Hall–Kier alpha value is -3.38. The van der Waals surface area contributed by atoms with Crippen molar-refractivity contribution in [2.75, 3.05) is 17.2 Å². The minimum absolute atomic E-state index is 0.0855. The Kier molecular flexibility index (Phi) is 6.69. The predicted octanol–water partition coefficient (Wildman–Crippen LogP) is 5.37. The Morgan fingerprint density at radius 1 is 0.933 bits per heavy atom. The topological polar surface area (TPSA) is 67.4 Å². The van der Waals surface area contributed by atoms with Crippen molar-refractivity contribution in [2.24, 2.45) is 0 Å². The lowest BCUT2D eigenvalue weighted by atomic mass is 10.1. The molecule has 5 nitrogen and oxygen atoms in total. The van der Waals surface area contributed by atoms with E-state index in [1.807, 2.05) is 32.0 Å². The fourth-order valence-corrected chi connectivity index (χ4v) is 3.06. The van der Waals surface area contributed by atoms with Gasteiger partial charge in [-0.1, -0.05) is 23.7 Å². The molecule has 2 amide bonds. The van der Waals surface area contributed by atoms with E-state index in [2.05, 4.69) is 10.6 Å². The average molecular weight is 427 g/mol. The van der Waals surface area contributed by atoms with Crippen LogP contribution in [0.5, 0.6) is 5.75 Å². The third-order valence-electron chi connectivity index (χ3n) is 4.15. The predicted molar refractivity (Wildman–Crippen MR) is 116 cm³/mol. The number of carbonyl (C=O) groups excluding carboxylic acids is 2. The van der Waals surface area contributed by atoms with Crippen LogP contribution in [0.4, 0.5) is 15.8 Å². The number of hydrogen-bond acceptors (Lipinski definition) is 3. The van der Waals surface area contributed by atoms with Crippen LogP contribution in [0.25, 0.3) is 0 Å². The van der Waals surface area contributed by atoms with Crippen LogP contribution in [-0.4, -0.2) is 18.4 Å². The molecular formula is C23H20ClFN2O3. The lowest BCUT2D eigenvalue weighted by Crippen LogP contribution is -2.20. The van der Waals surface area contributed by atoms with Gasteiger partial charge >= 0.3 is 0 Å². The lowest BCUT2D eigenvalue weighted by Gasteiger charge is -2.10. The Morgan fingerprint density at radius 3 is 2.33 bits per heavy atom. The maximum Gasteiger partial charge on any atom is 0.262 e. The van der Waals surface area contributed by atoms with Gasteiger partial charge in [-0.05, 0) is 73.5 Å². The third kappa shape index (κ3) is 5.81. The molecule has 0 aromatic heterocycles. The summed E-state index contributed by atoms with van der Waals surface area (Å²) in [5, 5.41) is 5.25. The maximum absolute atomic E-state index is 13.2. The summed E-state index contributed by atoms with van der Waals surface area (Å²) in [6.45, 7) is 3.75. The molecule has 3 aromatic rings. The molecule has 154 valence electrons. The quantitative estimate of drug-likeness (QED) is 0.557. The van der Waals surface area contributed by atoms with Gasteiger partial charge in [-0.3, -0.25) is 9.59 Å². The Labute approximate surface area is 178 Å². The van der Waals surface area contributed by atoms with E-state index < -0.39 is 11.7 Å². The van der Waals surface area contributed by atoms with E-state index in [1.165, 1.54) is 24.3 Å². The third-order valence-corrected chi connectivity index (χ3v) is 4.44. The molecule has 0 spiro atoms.